The molecule has 4 unspecified atom stereocenters. The number of nitrogens with one attached hydrogen (secondary N) is 2. The lowest BCUT2D eigenvalue weighted by atomic mass is 9.91. The lowest BCUT2D eigenvalue weighted by Crippen LogP contribution is -2.42. The number of ether oxygens (including phenoxy) is 3. The fraction of sp³-hybridized carbons (Fsp3) is 0.421. The number of hydrogen-bond donors (Lipinski definition) is 2. The highest BCUT2D eigenvalue weighted by atomic mass is 19.4. The molecule has 16 nitrogen and oxygen atoms in total. The maximum Gasteiger partial charge on any atom is 0.490 e. The van der Waals surface area contributed by atoms with Crippen LogP contribution in [0.5, 0.6) is 0 Å². The highest BCUT2D eigenvalue weighted by molar-refractivity contribution is 5.84. The number of aromatic nitrogens is 8. The second-order valence-electron chi connectivity index (χ2n) is 14.0. The van der Waals surface area contributed by atoms with Gasteiger partial charge in [-0.25, -0.2) is 14.6 Å². The van der Waals surface area contributed by atoms with Gasteiger partial charge in [0.1, 0.15) is 0 Å². The van der Waals surface area contributed by atoms with E-state index >= 15 is 0 Å². The Labute approximate surface area is 337 Å². The fourth-order valence-corrected chi connectivity index (χ4v) is 7.08. The molecule has 4 atom stereocenters. The molecule has 2 fully saturated rings. The highest BCUT2D eigenvalue weighted by Gasteiger charge is 2.57. The van der Waals surface area contributed by atoms with Gasteiger partial charge in [-0.05, 0) is 42.3 Å². The molecule has 0 radical (unpaired) electrons. The Hall–Kier alpha value is -6.16. The maximum atomic E-state index is 13.8. The zero-order chi connectivity index (χ0) is 42.4. The van der Waals surface area contributed by atoms with Crippen LogP contribution >= 0.6 is 0 Å². The minimum absolute atomic E-state index is 0.0373. The second kappa shape index (κ2) is 18.0. The number of anilines is 2. The lowest BCUT2D eigenvalue weighted by molar-refractivity contribution is -0.221. The Morgan fingerprint density at radius 3 is 2.13 bits per heavy atom. The minimum atomic E-state index is -5.62. The van der Waals surface area contributed by atoms with Crippen molar-refractivity contribution < 1.29 is 50.1 Å². The molecule has 2 aromatic carbocycles. The molecule has 0 saturated carbocycles. The van der Waals surface area contributed by atoms with Crippen LogP contribution < -0.4 is 10.6 Å². The monoisotopic (exact) mass is 843 g/mol. The number of hydrogen-bond acceptors (Lipinski definition) is 14. The van der Waals surface area contributed by atoms with Crippen LogP contribution in [0.15, 0.2) is 79.6 Å². The number of imidazole rings is 1. The average Bonchev–Trinajstić information content (AvgIpc) is 3.96. The normalized spacial score (nSPS) is 20.0. The standard InChI is InChI=1S/C38H39F6N11O5/c1-2-17-55-51-31(50-52-55)28-27(59-34(56)37(39,40)41)29(60-35(57)38(42,43)44)33(58-28)54-22-47-26-30(48-36(49-32(26)54)45-16-20-53-18-10-5-11-19-53)46-21-25(23-12-6-3-7-13-23)24-14-8-4-9-15-24/h2-4,6-9,12-15,22,25,27-29,33H,1,5,10-11,16-21H2,(H2,45,46,48,49). The number of carbonyl (C=O) groups excluding carboxylic acids is 2. The van der Waals surface area contributed by atoms with E-state index in [4.69, 9.17) is 19.2 Å². The van der Waals surface area contributed by atoms with Gasteiger partial charge in [0.2, 0.25) is 11.8 Å². The Morgan fingerprint density at radius 1 is 0.883 bits per heavy atom. The smallest absolute Gasteiger partial charge is 0.448 e. The first-order valence-electron chi connectivity index (χ1n) is 18.9. The van der Waals surface area contributed by atoms with Crippen LogP contribution in [0.3, 0.4) is 0 Å². The number of tetrazole rings is 1. The van der Waals surface area contributed by atoms with Gasteiger partial charge < -0.3 is 29.7 Å². The van der Waals surface area contributed by atoms with Gasteiger partial charge in [0.15, 0.2) is 41.5 Å². The van der Waals surface area contributed by atoms with Crippen LogP contribution in [0.2, 0.25) is 0 Å². The summed E-state index contributed by atoms with van der Waals surface area (Å²) in [5.41, 5.74) is 1.93. The summed E-state index contributed by atoms with van der Waals surface area (Å²) in [4.78, 5) is 41.7. The van der Waals surface area contributed by atoms with Crippen molar-refractivity contribution in [2.45, 2.75) is 68.6 Å². The summed E-state index contributed by atoms with van der Waals surface area (Å²) in [6.45, 7) is 6.64. The van der Waals surface area contributed by atoms with E-state index in [1.807, 2.05) is 60.7 Å². The number of allylic oxidation sites excluding steroid dienone is 1. The van der Waals surface area contributed by atoms with E-state index in [2.05, 4.69) is 47.5 Å². The zero-order valence-corrected chi connectivity index (χ0v) is 31.7. The highest BCUT2D eigenvalue weighted by Crippen LogP contribution is 2.44. The number of rotatable bonds is 15. The molecule has 5 aromatic rings. The molecule has 0 amide bonds. The Morgan fingerprint density at radius 2 is 1.52 bits per heavy atom. The predicted molar refractivity (Wildman–Crippen MR) is 200 cm³/mol. The molecule has 0 aliphatic carbocycles. The molecule has 22 heteroatoms. The maximum absolute atomic E-state index is 13.8. The zero-order valence-electron chi connectivity index (χ0n) is 31.7. The van der Waals surface area contributed by atoms with Gasteiger partial charge in [-0.15, -0.1) is 16.8 Å². The molecular weight excluding hydrogens is 804 g/mol. The molecule has 2 aliphatic heterocycles. The number of likely N-dealkylation sites (tertiary alicyclic amines) is 1. The van der Waals surface area contributed by atoms with E-state index in [1.54, 1.807) is 0 Å². The molecule has 5 heterocycles. The number of benzene rings is 2. The number of halogens is 6. The summed E-state index contributed by atoms with van der Waals surface area (Å²) in [5, 5.41) is 18.1. The largest absolute Gasteiger partial charge is 0.490 e. The van der Waals surface area contributed by atoms with E-state index in [0.29, 0.717) is 13.1 Å². The van der Waals surface area contributed by atoms with Crippen molar-refractivity contribution in [3.63, 3.8) is 0 Å². The Kier molecular flexibility index (Phi) is 12.6. The van der Waals surface area contributed by atoms with E-state index in [0.717, 1.165) is 59.2 Å². The molecule has 0 bridgehead atoms. The van der Waals surface area contributed by atoms with E-state index in [1.165, 1.54) is 6.08 Å². The van der Waals surface area contributed by atoms with Gasteiger partial charge in [-0.3, -0.25) is 4.57 Å². The second-order valence-corrected chi connectivity index (χ2v) is 14.0. The van der Waals surface area contributed by atoms with Gasteiger partial charge in [0, 0.05) is 25.6 Å². The van der Waals surface area contributed by atoms with Crippen molar-refractivity contribution in [2.75, 3.05) is 43.4 Å². The van der Waals surface area contributed by atoms with E-state index in [-0.39, 0.29) is 41.9 Å². The van der Waals surface area contributed by atoms with Crippen molar-refractivity contribution in [1.29, 1.82) is 0 Å². The predicted octanol–water partition coefficient (Wildman–Crippen LogP) is 5.36. The van der Waals surface area contributed by atoms with Crippen LogP contribution in [0.25, 0.3) is 11.2 Å². The summed E-state index contributed by atoms with van der Waals surface area (Å²) < 4.78 is 98.8. The van der Waals surface area contributed by atoms with Crippen molar-refractivity contribution in [3.8, 4) is 0 Å². The lowest BCUT2D eigenvalue weighted by Gasteiger charge is -2.26. The van der Waals surface area contributed by atoms with Gasteiger partial charge in [-0.1, -0.05) is 73.2 Å². The van der Waals surface area contributed by atoms with Crippen LogP contribution in [0.1, 0.15) is 54.5 Å². The summed E-state index contributed by atoms with van der Waals surface area (Å²) in [5.74, 6) is -6.06. The third kappa shape index (κ3) is 9.65. The van der Waals surface area contributed by atoms with Gasteiger partial charge >= 0.3 is 24.3 Å². The van der Waals surface area contributed by atoms with Crippen LogP contribution in [-0.2, 0) is 30.3 Å². The number of fused-ring (bicyclic) bond motifs is 1. The molecular formula is C38H39F6N11O5. The van der Waals surface area contributed by atoms with Crippen molar-refractivity contribution >= 4 is 34.9 Å². The number of esters is 2. The van der Waals surface area contributed by atoms with E-state index in [9.17, 15) is 35.9 Å². The van der Waals surface area contributed by atoms with Crippen molar-refractivity contribution in [2.24, 2.45) is 0 Å². The van der Waals surface area contributed by atoms with Crippen molar-refractivity contribution in [3.05, 3.63) is 96.6 Å². The first-order chi connectivity index (χ1) is 28.8. The molecule has 2 saturated heterocycles. The van der Waals surface area contributed by atoms with Crippen LogP contribution in [0.4, 0.5) is 38.1 Å². The minimum Gasteiger partial charge on any atom is -0.448 e. The van der Waals surface area contributed by atoms with Crippen LogP contribution in [0, 0.1) is 0 Å². The molecule has 2 aliphatic rings. The molecule has 2 N–H and O–H groups in total. The topological polar surface area (TPSA) is 176 Å². The number of nitrogens with zero attached hydrogens (tertiary/aromatic N) is 9. The summed E-state index contributed by atoms with van der Waals surface area (Å²) in [6, 6.07) is 19.3. The molecule has 318 valence electrons. The molecule has 3 aromatic heterocycles. The summed E-state index contributed by atoms with van der Waals surface area (Å²) in [6.07, 6.45) is -14.2. The Bertz CT molecular complexity index is 2210. The fourth-order valence-electron chi connectivity index (χ4n) is 7.08. The summed E-state index contributed by atoms with van der Waals surface area (Å²) in [7, 11) is 0. The third-order valence-electron chi connectivity index (χ3n) is 9.89. The van der Waals surface area contributed by atoms with E-state index < -0.39 is 54.7 Å². The number of piperidine rings is 1. The van der Waals surface area contributed by atoms with Crippen LogP contribution in [-0.4, -0.2) is 114 Å². The number of alkyl halides is 6. The number of carbonyl (C=O) groups is 2. The first-order valence-corrected chi connectivity index (χ1v) is 18.9. The van der Waals surface area contributed by atoms with Crippen molar-refractivity contribution in [1.82, 2.24) is 44.6 Å². The first kappa shape index (κ1) is 42.0. The third-order valence-corrected chi connectivity index (χ3v) is 9.89. The average molecular weight is 844 g/mol. The van der Waals surface area contributed by atoms with Gasteiger partial charge in [-0.2, -0.15) is 41.1 Å². The molecule has 60 heavy (non-hydrogen) atoms. The van der Waals surface area contributed by atoms with Gasteiger partial charge in [0.25, 0.3) is 0 Å². The SMILES string of the molecule is C=CCn1nnc(C2OC(n3cnc4c(NCC(c5ccccc5)c5ccccc5)nc(NCCN5CCCCC5)nc43)C(OC(=O)C(F)(F)F)C2OC(=O)C(F)(F)F)n1. The Balaban J connectivity index is 1.30. The van der Waals surface area contributed by atoms with Gasteiger partial charge in [0.05, 0.1) is 12.9 Å². The summed E-state index contributed by atoms with van der Waals surface area (Å²) >= 11 is 0. The molecule has 0 spiro atoms. The molecule has 7 rings (SSSR count). The quantitative estimate of drug-likeness (QED) is 0.0783.